The normalized spacial score (nSPS) is 16.5. The van der Waals surface area contributed by atoms with E-state index in [1.165, 1.54) is 18.2 Å². The molecule has 10 nitrogen and oxygen atoms in total. The van der Waals surface area contributed by atoms with Crippen LogP contribution < -0.4 is 0 Å². The van der Waals surface area contributed by atoms with Crippen LogP contribution in [-0.4, -0.2) is 70.5 Å². The van der Waals surface area contributed by atoms with Gasteiger partial charge in [-0.25, -0.2) is 21.6 Å². The Kier molecular flexibility index (Phi) is 7.45. The van der Waals surface area contributed by atoms with Crippen LogP contribution in [0.5, 0.6) is 0 Å². The topological polar surface area (TPSA) is 138 Å². The Balaban J connectivity index is 2.15. The maximum Gasteiger partial charge on any atom is 0.342 e. The standard InChI is InChI=1S/C17H25N3O7S2/c1-13-15(17(21)26-3)16(14(2)27-13)29(24,25)20-10-8-19(9-11-20)28(22,23)12-6-4-5-7-18/h4-6,8-12H2,1-3H3. The van der Waals surface area contributed by atoms with Gasteiger partial charge < -0.3 is 9.15 Å². The lowest BCUT2D eigenvalue weighted by Crippen LogP contribution is -2.51. The number of methoxy groups -OCH3 is 1. The number of piperazine rings is 1. The molecule has 2 rings (SSSR count). The molecule has 1 aliphatic heterocycles. The molecule has 0 atom stereocenters. The van der Waals surface area contributed by atoms with Crippen LogP contribution in [0.15, 0.2) is 9.31 Å². The van der Waals surface area contributed by atoms with Gasteiger partial charge in [-0.1, -0.05) is 0 Å². The lowest BCUT2D eigenvalue weighted by molar-refractivity contribution is 0.0594. The van der Waals surface area contributed by atoms with E-state index in [-0.39, 0.29) is 53.9 Å². The first-order valence-corrected chi connectivity index (χ1v) is 12.1. The number of hydrogen-bond acceptors (Lipinski definition) is 8. The number of aryl methyl sites for hydroxylation is 2. The van der Waals surface area contributed by atoms with Crippen LogP contribution in [0.25, 0.3) is 0 Å². The zero-order valence-corrected chi connectivity index (χ0v) is 18.3. The number of sulfonamides is 2. The highest BCUT2D eigenvalue weighted by atomic mass is 32.2. The minimum absolute atomic E-state index is 0.0171. The fourth-order valence-corrected chi connectivity index (χ4v) is 6.59. The zero-order chi connectivity index (χ0) is 21.8. The molecule has 0 unspecified atom stereocenters. The van der Waals surface area contributed by atoms with Crippen molar-refractivity contribution in [3.63, 3.8) is 0 Å². The van der Waals surface area contributed by atoms with Crippen molar-refractivity contribution < 1.29 is 30.8 Å². The van der Waals surface area contributed by atoms with Crippen LogP contribution in [0.1, 0.15) is 41.1 Å². The molecule has 1 saturated heterocycles. The number of carbonyl (C=O) groups excluding carboxylic acids is 1. The van der Waals surface area contributed by atoms with Crippen molar-refractivity contribution in [3.05, 3.63) is 17.1 Å². The average molecular weight is 448 g/mol. The number of esters is 1. The lowest BCUT2D eigenvalue weighted by Gasteiger charge is -2.33. The number of rotatable bonds is 8. The number of hydrogen-bond donors (Lipinski definition) is 0. The molecule has 1 aromatic heterocycles. The summed E-state index contributed by atoms with van der Waals surface area (Å²) in [7, 11) is -6.43. The van der Waals surface area contributed by atoms with E-state index in [0.717, 1.165) is 11.4 Å². The summed E-state index contributed by atoms with van der Waals surface area (Å²) in [5, 5.41) is 8.53. The Hall–Kier alpha value is -1.94. The second-order valence-corrected chi connectivity index (χ2v) is 10.6. The van der Waals surface area contributed by atoms with Gasteiger partial charge in [0.2, 0.25) is 20.0 Å². The maximum absolute atomic E-state index is 13.1. The molecule has 0 bridgehead atoms. The van der Waals surface area contributed by atoms with Gasteiger partial charge in [-0.15, -0.1) is 0 Å². The number of unbranched alkanes of at least 4 members (excludes halogenated alkanes) is 2. The molecule has 1 aromatic rings. The summed E-state index contributed by atoms with van der Waals surface area (Å²) in [5.74, 6) is -0.660. The largest absolute Gasteiger partial charge is 0.465 e. The average Bonchev–Trinajstić information content (AvgIpc) is 2.99. The van der Waals surface area contributed by atoms with Crippen molar-refractivity contribution in [2.45, 2.75) is 38.0 Å². The molecule has 1 aliphatic rings. The van der Waals surface area contributed by atoms with Crippen LogP contribution in [0, 0.1) is 25.2 Å². The van der Waals surface area contributed by atoms with E-state index < -0.39 is 26.0 Å². The highest BCUT2D eigenvalue weighted by molar-refractivity contribution is 7.89. The van der Waals surface area contributed by atoms with E-state index in [9.17, 15) is 21.6 Å². The van der Waals surface area contributed by atoms with Gasteiger partial charge in [-0.05, 0) is 26.7 Å². The van der Waals surface area contributed by atoms with Crippen molar-refractivity contribution >= 4 is 26.0 Å². The summed E-state index contributed by atoms with van der Waals surface area (Å²) < 4.78 is 63.5. The molecule has 0 spiro atoms. The third-order valence-electron chi connectivity index (χ3n) is 4.72. The van der Waals surface area contributed by atoms with Crippen molar-refractivity contribution in [1.29, 1.82) is 5.26 Å². The Morgan fingerprint density at radius 2 is 1.66 bits per heavy atom. The van der Waals surface area contributed by atoms with Crippen molar-refractivity contribution in [2.75, 3.05) is 39.0 Å². The van der Waals surface area contributed by atoms with Crippen LogP contribution >= 0.6 is 0 Å². The van der Waals surface area contributed by atoms with E-state index >= 15 is 0 Å². The third-order valence-corrected chi connectivity index (χ3v) is 8.73. The highest BCUT2D eigenvalue weighted by Gasteiger charge is 2.38. The van der Waals surface area contributed by atoms with Crippen LogP contribution in [-0.2, 0) is 24.8 Å². The lowest BCUT2D eigenvalue weighted by atomic mass is 10.2. The van der Waals surface area contributed by atoms with Crippen LogP contribution in [0.3, 0.4) is 0 Å². The Labute approximate surface area is 171 Å². The van der Waals surface area contributed by atoms with Gasteiger partial charge in [0.15, 0.2) is 0 Å². The van der Waals surface area contributed by atoms with Crippen LogP contribution in [0.2, 0.25) is 0 Å². The van der Waals surface area contributed by atoms with Gasteiger partial charge in [-0.3, -0.25) is 0 Å². The molecule has 2 heterocycles. The summed E-state index contributed by atoms with van der Waals surface area (Å²) in [4.78, 5) is 11.8. The number of nitriles is 1. The van der Waals surface area contributed by atoms with E-state index in [1.54, 1.807) is 0 Å². The molecule has 0 amide bonds. The van der Waals surface area contributed by atoms with Gasteiger partial charge in [0.05, 0.1) is 18.9 Å². The van der Waals surface area contributed by atoms with Gasteiger partial charge in [0.25, 0.3) is 0 Å². The first kappa shape index (κ1) is 23.3. The second kappa shape index (κ2) is 9.25. The molecule has 1 fully saturated rings. The van der Waals surface area contributed by atoms with Gasteiger partial charge >= 0.3 is 5.97 Å². The summed E-state index contributed by atoms with van der Waals surface area (Å²) in [6.07, 6.45) is 1.18. The Bertz CT molecular complexity index is 999. The molecule has 0 aliphatic carbocycles. The third kappa shape index (κ3) is 4.98. The smallest absolute Gasteiger partial charge is 0.342 e. The second-order valence-electron chi connectivity index (χ2n) is 6.64. The monoisotopic (exact) mass is 447 g/mol. The van der Waals surface area contributed by atoms with Crippen molar-refractivity contribution in [1.82, 2.24) is 8.61 Å². The molecule has 29 heavy (non-hydrogen) atoms. The molecular formula is C17H25N3O7S2. The van der Waals surface area contributed by atoms with Crippen molar-refractivity contribution in [3.8, 4) is 6.07 Å². The minimum Gasteiger partial charge on any atom is -0.465 e. The predicted molar refractivity (Wildman–Crippen MR) is 103 cm³/mol. The number of ether oxygens (including phenoxy) is 1. The van der Waals surface area contributed by atoms with E-state index in [1.807, 2.05) is 6.07 Å². The summed E-state index contributed by atoms with van der Waals surface area (Å²) in [6, 6.07) is 1.97. The fraction of sp³-hybridized carbons (Fsp3) is 0.647. The Morgan fingerprint density at radius 1 is 1.07 bits per heavy atom. The highest BCUT2D eigenvalue weighted by Crippen LogP contribution is 2.30. The molecule has 12 heteroatoms. The number of carbonyl (C=O) groups is 1. The number of nitrogens with zero attached hydrogens (tertiary/aromatic N) is 3. The van der Waals surface area contributed by atoms with Gasteiger partial charge in [0, 0.05) is 32.6 Å². The Morgan fingerprint density at radius 3 is 2.21 bits per heavy atom. The molecule has 0 N–H and O–H groups in total. The molecule has 0 radical (unpaired) electrons. The van der Waals surface area contributed by atoms with Gasteiger partial charge in [-0.2, -0.15) is 13.9 Å². The molecule has 162 valence electrons. The summed E-state index contributed by atoms with van der Waals surface area (Å²) >= 11 is 0. The van der Waals surface area contributed by atoms with Gasteiger partial charge in [0.1, 0.15) is 22.0 Å². The SMILES string of the molecule is COC(=O)c1c(C)oc(C)c1S(=O)(=O)N1CCN(S(=O)(=O)CCCCC#N)CC1. The quantitative estimate of drug-likeness (QED) is 0.425. The zero-order valence-electron chi connectivity index (χ0n) is 16.7. The minimum atomic E-state index is -4.07. The first-order valence-electron chi connectivity index (χ1n) is 9.09. The first-order chi connectivity index (χ1) is 13.6. The molecule has 0 aromatic carbocycles. The van der Waals surface area contributed by atoms with E-state index in [0.29, 0.717) is 19.3 Å². The fourth-order valence-electron chi connectivity index (χ4n) is 3.25. The van der Waals surface area contributed by atoms with Crippen molar-refractivity contribution in [2.24, 2.45) is 0 Å². The maximum atomic E-state index is 13.1. The van der Waals surface area contributed by atoms with Crippen LogP contribution in [0.4, 0.5) is 0 Å². The summed E-state index contributed by atoms with van der Waals surface area (Å²) in [5.41, 5.74) is -0.141. The molecule has 0 saturated carbocycles. The van der Waals surface area contributed by atoms with E-state index in [2.05, 4.69) is 4.74 Å². The predicted octanol–water partition coefficient (Wildman–Crippen LogP) is 1.01. The van der Waals surface area contributed by atoms with E-state index in [4.69, 9.17) is 9.68 Å². The summed E-state index contributed by atoms with van der Waals surface area (Å²) in [6.45, 7) is 2.89. The molecular weight excluding hydrogens is 422 g/mol. The number of furan rings is 1.